The Kier molecular flexibility index (Phi) is 10.5. The summed E-state index contributed by atoms with van der Waals surface area (Å²) in [6.07, 6.45) is 13.9. The molecule has 1 amide bonds. The van der Waals surface area contributed by atoms with Gasteiger partial charge in [0.25, 0.3) is 0 Å². The number of hydrogen-bond donors (Lipinski definition) is 1. The van der Waals surface area contributed by atoms with E-state index < -0.39 is 0 Å². The van der Waals surface area contributed by atoms with Crippen LogP contribution in [0.1, 0.15) is 70.6 Å². The predicted molar refractivity (Wildman–Crippen MR) is 87.4 cm³/mol. The summed E-state index contributed by atoms with van der Waals surface area (Å²) >= 11 is 0. The van der Waals surface area contributed by atoms with Crippen LogP contribution in [-0.2, 0) is 9.63 Å². The van der Waals surface area contributed by atoms with Crippen molar-refractivity contribution in [2.24, 2.45) is 5.16 Å². The second-order valence-electron chi connectivity index (χ2n) is 5.67. The molecule has 1 aliphatic heterocycles. The summed E-state index contributed by atoms with van der Waals surface area (Å²) in [6.45, 7) is 4.72. The molecule has 1 N–H and O–H groups in total. The number of amides is 1. The van der Waals surface area contributed by atoms with E-state index in [-0.39, 0.29) is 5.91 Å². The van der Waals surface area contributed by atoms with Gasteiger partial charge in [-0.3, -0.25) is 4.79 Å². The fourth-order valence-electron chi connectivity index (χ4n) is 2.51. The summed E-state index contributed by atoms with van der Waals surface area (Å²) in [5.41, 5.74) is 1.05. The molecule has 1 heterocycles. The van der Waals surface area contributed by atoms with Crippen LogP contribution in [0.2, 0.25) is 0 Å². The van der Waals surface area contributed by atoms with Gasteiger partial charge in [-0.25, -0.2) is 0 Å². The normalized spacial score (nSPS) is 21.9. The molecule has 0 radical (unpaired) electrons. The van der Waals surface area contributed by atoms with Crippen LogP contribution in [-0.4, -0.2) is 24.8 Å². The zero-order valence-corrected chi connectivity index (χ0v) is 13.2. The van der Waals surface area contributed by atoms with E-state index in [1.54, 1.807) is 6.08 Å². The highest BCUT2D eigenvalue weighted by molar-refractivity contribution is 5.84. The minimum absolute atomic E-state index is 0.163. The number of nitrogens with zero attached hydrogens (tertiary/aromatic N) is 1. The predicted octanol–water partition coefficient (Wildman–Crippen LogP) is 3.97. The van der Waals surface area contributed by atoms with Crippen molar-refractivity contribution < 1.29 is 9.63 Å². The fourth-order valence-corrected chi connectivity index (χ4v) is 2.51. The number of carbonyl (C=O) groups excluding carboxylic acids is 1. The summed E-state index contributed by atoms with van der Waals surface area (Å²) in [7, 11) is 0. The van der Waals surface area contributed by atoms with Crippen LogP contribution in [0, 0.1) is 0 Å². The third-order valence-electron chi connectivity index (χ3n) is 3.74. The van der Waals surface area contributed by atoms with Gasteiger partial charge in [-0.15, -0.1) is 0 Å². The summed E-state index contributed by atoms with van der Waals surface area (Å²) in [6, 6.07) is 0. The lowest BCUT2D eigenvalue weighted by atomic mass is 10.0. The van der Waals surface area contributed by atoms with Crippen molar-refractivity contribution in [3.05, 3.63) is 12.7 Å². The molecule has 4 nitrogen and oxygen atoms in total. The Morgan fingerprint density at radius 1 is 1.00 bits per heavy atom. The molecule has 1 rings (SSSR count). The highest BCUT2D eigenvalue weighted by Crippen LogP contribution is 2.12. The van der Waals surface area contributed by atoms with E-state index in [1.165, 1.54) is 38.5 Å². The lowest BCUT2D eigenvalue weighted by Gasteiger charge is -2.08. The monoisotopic (exact) mass is 294 g/mol. The minimum Gasteiger partial charge on any atom is -0.392 e. The van der Waals surface area contributed by atoms with Crippen molar-refractivity contribution in [3.8, 4) is 0 Å². The number of oxime groups is 1. The molecule has 0 spiro atoms. The van der Waals surface area contributed by atoms with Crippen LogP contribution in [0.3, 0.4) is 0 Å². The third kappa shape index (κ3) is 10.1. The maximum Gasteiger partial charge on any atom is 0.220 e. The molecule has 0 aliphatic carbocycles. The van der Waals surface area contributed by atoms with Crippen LogP contribution in [0.15, 0.2) is 17.8 Å². The van der Waals surface area contributed by atoms with Gasteiger partial charge in [0.05, 0.1) is 5.71 Å². The highest BCUT2D eigenvalue weighted by Gasteiger charge is 2.05. The van der Waals surface area contributed by atoms with Crippen LogP contribution < -0.4 is 5.32 Å². The van der Waals surface area contributed by atoms with E-state index in [1.807, 2.05) is 0 Å². The molecule has 1 fully saturated rings. The van der Waals surface area contributed by atoms with Crippen molar-refractivity contribution in [1.82, 2.24) is 5.32 Å². The molecule has 4 heteroatoms. The second-order valence-corrected chi connectivity index (χ2v) is 5.67. The fraction of sp³-hybridized carbons (Fsp3) is 0.765. The molecule has 0 atom stereocenters. The molecule has 1 aliphatic rings. The average molecular weight is 294 g/mol. The van der Waals surface area contributed by atoms with Crippen LogP contribution in [0.5, 0.6) is 0 Å². The molecule has 0 unspecified atom stereocenters. The van der Waals surface area contributed by atoms with E-state index in [2.05, 4.69) is 17.1 Å². The van der Waals surface area contributed by atoms with Crippen molar-refractivity contribution in [1.29, 1.82) is 0 Å². The van der Waals surface area contributed by atoms with Gasteiger partial charge in [-0.2, -0.15) is 0 Å². The Bertz CT molecular complexity index is 327. The highest BCUT2D eigenvalue weighted by atomic mass is 16.6. The van der Waals surface area contributed by atoms with Gasteiger partial charge in [0, 0.05) is 19.4 Å². The third-order valence-corrected chi connectivity index (χ3v) is 3.74. The lowest BCUT2D eigenvalue weighted by Crippen LogP contribution is -2.25. The van der Waals surface area contributed by atoms with E-state index in [0.717, 1.165) is 31.4 Å². The van der Waals surface area contributed by atoms with E-state index in [0.29, 0.717) is 19.6 Å². The van der Waals surface area contributed by atoms with Crippen LogP contribution >= 0.6 is 0 Å². The summed E-state index contributed by atoms with van der Waals surface area (Å²) in [5, 5.41) is 7.16. The quantitative estimate of drug-likeness (QED) is 0.486. The number of carbonyl (C=O) groups is 1. The van der Waals surface area contributed by atoms with Crippen molar-refractivity contribution in [2.45, 2.75) is 70.6 Å². The Labute approximate surface area is 129 Å². The topological polar surface area (TPSA) is 50.7 Å². The largest absolute Gasteiger partial charge is 0.392 e. The maximum absolute atomic E-state index is 11.7. The first-order valence-corrected chi connectivity index (χ1v) is 8.38. The zero-order valence-electron chi connectivity index (χ0n) is 13.2. The first-order valence-electron chi connectivity index (χ1n) is 8.38. The Balaban J connectivity index is 2.42. The Morgan fingerprint density at radius 3 is 2.29 bits per heavy atom. The van der Waals surface area contributed by atoms with Gasteiger partial charge >= 0.3 is 0 Å². The summed E-state index contributed by atoms with van der Waals surface area (Å²) < 4.78 is 0. The van der Waals surface area contributed by atoms with Gasteiger partial charge in [-0.1, -0.05) is 56.3 Å². The molecular weight excluding hydrogens is 264 g/mol. The number of nitrogens with one attached hydrogen (secondary N) is 1. The molecular formula is C17H30N2O2. The maximum atomic E-state index is 11.7. The molecule has 0 aromatic carbocycles. The molecule has 0 aromatic rings. The SMILES string of the molecule is C=CCO/N=C1\CCCCCCCCCCC(=O)NCC1. The van der Waals surface area contributed by atoms with Gasteiger partial charge in [0.15, 0.2) is 0 Å². The van der Waals surface area contributed by atoms with Crippen molar-refractivity contribution in [3.63, 3.8) is 0 Å². The van der Waals surface area contributed by atoms with Crippen LogP contribution in [0.25, 0.3) is 0 Å². The first kappa shape index (κ1) is 17.7. The summed E-state index contributed by atoms with van der Waals surface area (Å²) in [5.74, 6) is 0.163. The smallest absolute Gasteiger partial charge is 0.220 e. The molecule has 120 valence electrons. The van der Waals surface area contributed by atoms with E-state index in [4.69, 9.17) is 4.84 Å². The molecule has 0 aromatic heterocycles. The van der Waals surface area contributed by atoms with E-state index in [9.17, 15) is 4.79 Å². The first-order chi connectivity index (χ1) is 10.3. The molecule has 0 bridgehead atoms. The van der Waals surface area contributed by atoms with E-state index >= 15 is 0 Å². The standard InChI is InChI=1S/C17H30N2O2/c1-2-15-21-19-16-11-9-7-5-3-4-6-8-10-12-17(20)18-14-13-16/h2H,1,3-15H2,(H,18,20)/b19-16+. The average Bonchev–Trinajstić information content (AvgIpc) is 2.48. The Morgan fingerprint density at radius 2 is 1.62 bits per heavy atom. The van der Waals surface area contributed by atoms with Gasteiger partial charge < -0.3 is 10.2 Å². The molecule has 21 heavy (non-hydrogen) atoms. The van der Waals surface area contributed by atoms with Gasteiger partial charge in [0.1, 0.15) is 6.61 Å². The lowest BCUT2D eigenvalue weighted by molar-refractivity contribution is -0.121. The van der Waals surface area contributed by atoms with Gasteiger partial charge in [-0.05, 0) is 19.3 Å². The second kappa shape index (κ2) is 12.4. The van der Waals surface area contributed by atoms with Crippen molar-refractivity contribution in [2.75, 3.05) is 13.2 Å². The summed E-state index contributed by atoms with van der Waals surface area (Å²) in [4.78, 5) is 16.9. The number of rotatable bonds is 3. The molecule has 0 saturated carbocycles. The van der Waals surface area contributed by atoms with Crippen molar-refractivity contribution >= 4 is 11.6 Å². The number of hydrogen-bond acceptors (Lipinski definition) is 3. The molecule has 1 saturated heterocycles. The van der Waals surface area contributed by atoms with Gasteiger partial charge in [0.2, 0.25) is 5.91 Å². The van der Waals surface area contributed by atoms with Crippen LogP contribution in [0.4, 0.5) is 0 Å². The minimum atomic E-state index is 0.163. The Hall–Kier alpha value is -1.32. The zero-order chi connectivity index (χ0) is 15.2.